The molecule has 7 heteroatoms. The molecule has 1 rings (SSSR count). The second-order valence-electron chi connectivity index (χ2n) is 5.66. The minimum atomic E-state index is -2.72. The lowest BCUT2D eigenvalue weighted by Crippen LogP contribution is -2.26. The maximum absolute atomic E-state index is 8.09. The molecule has 0 N–H and O–H groups in total. The molecule has 0 fully saturated rings. The maximum atomic E-state index is 8.09. The Morgan fingerprint density at radius 3 is 1.78 bits per heavy atom. The summed E-state index contributed by atoms with van der Waals surface area (Å²) in [6.45, 7) is 4.58. The van der Waals surface area contributed by atoms with Gasteiger partial charge in [-0.25, -0.2) is 21.0 Å². The van der Waals surface area contributed by atoms with Gasteiger partial charge in [0, 0.05) is 26.0 Å². The van der Waals surface area contributed by atoms with Gasteiger partial charge in [-0.05, 0) is 6.42 Å². The number of unbranched alkanes of at least 4 members (excludes halogenated alkanes) is 5. The van der Waals surface area contributed by atoms with Crippen molar-refractivity contribution >= 4 is 6.15 Å². The molecule has 0 atom stereocenters. The third-order valence-electron chi connectivity index (χ3n) is 3.51. The van der Waals surface area contributed by atoms with E-state index >= 15 is 0 Å². The molecule has 0 aromatic heterocycles. The van der Waals surface area contributed by atoms with Gasteiger partial charge in [-0.1, -0.05) is 39.0 Å². The lowest BCUT2D eigenvalue weighted by Gasteiger charge is -2.17. The molecule has 23 heavy (non-hydrogen) atoms. The molecule has 1 heterocycles. The highest BCUT2D eigenvalue weighted by Gasteiger charge is 2.22. The van der Waals surface area contributed by atoms with E-state index < -0.39 is 6.15 Å². The fourth-order valence-corrected chi connectivity index (χ4v) is 2.00. The molecule has 0 radical (unpaired) electrons. The van der Waals surface area contributed by atoms with Crippen LogP contribution in [0.4, 0.5) is 0 Å². The SMILES string of the molecule is CCCCCCCCN1C=CN(C)C1.N#C[B-](C#N)(C#N)C#N. The summed E-state index contributed by atoms with van der Waals surface area (Å²) in [5, 5.41) is 32.3. The van der Waals surface area contributed by atoms with Gasteiger partial charge < -0.3 is 9.80 Å². The smallest absolute Gasteiger partial charge is 0.362 e. The minimum absolute atomic E-state index is 1.08. The van der Waals surface area contributed by atoms with Crippen LogP contribution in [-0.4, -0.2) is 36.2 Å². The van der Waals surface area contributed by atoms with Crippen molar-refractivity contribution < 1.29 is 0 Å². The van der Waals surface area contributed by atoms with E-state index in [1.165, 1.54) is 68.9 Å². The number of nitriles is 4. The molecule has 0 spiro atoms. The first-order valence-electron chi connectivity index (χ1n) is 8.00. The molecule has 122 valence electrons. The van der Waals surface area contributed by atoms with Crippen molar-refractivity contribution in [2.75, 3.05) is 20.3 Å². The van der Waals surface area contributed by atoms with Crippen LogP contribution >= 0.6 is 0 Å². The number of hydrogen-bond acceptors (Lipinski definition) is 6. The van der Waals surface area contributed by atoms with Crippen molar-refractivity contribution in [3.63, 3.8) is 0 Å². The molecular formula is C16H24BN6-. The summed E-state index contributed by atoms with van der Waals surface area (Å²) >= 11 is 0. The number of rotatable bonds is 7. The van der Waals surface area contributed by atoms with Crippen molar-refractivity contribution in [3.8, 4) is 23.9 Å². The van der Waals surface area contributed by atoms with Gasteiger partial charge >= 0.3 is 6.15 Å². The summed E-state index contributed by atoms with van der Waals surface area (Å²) in [7, 11) is 2.12. The van der Waals surface area contributed by atoms with E-state index in [2.05, 4.69) is 36.2 Å². The van der Waals surface area contributed by atoms with Gasteiger partial charge in [-0.3, -0.25) is 0 Å². The largest absolute Gasteiger partial charge is 0.383 e. The zero-order chi connectivity index (χ0) is 17.6. The molecule has 0 saturated carbocycles. The molecule has 0 saturated heterocycles. The third kappa shape index (κ3) is 8.40. The van der Waals surface area contributed by atoms with E-state index in [1.54, 1.807) is 0 Å². The van der Waals surface area contributed by atoms with Gasteiger partial charge in [-0.15, -0.1) is 23.9 Å². The second-order valence-corrected chi connectivity index (χ2v) is 5.66. The Labute approximate surface area is 139 Å². The monoisotopic (exact) mass is 311 g/mol. The Bertz CT molecular complexity index is 469. The van der Waals surface area contributed by atoms with Gasteiger partial charge in [0.15, 0.2) is 0 Å². The molecule has 0 aliphatic carbocycles. The maximum Gasteiger partial charge on any atom is 0.383 e. The first kappa shape index (κ1) is 20.4. The molecule has 0 aromatic rings. The van der Waals surface area contributed by atoms with Gasteiger partial charge in [-0.2, -0.15) is 0 Å². The summed E-state index contributed by atoms with van der Waals surface area (Å²) in [4.78, 5) is 4.61. The van der Waals surface area contributed by atoms with Gasteiger partial charge in [0.2, 0.25) is 0 Å². The summed E-state index contributed by atoms with van der Waals surface area (Å²) in [5.74, 6) is 5.38. The summed E-state index contributed by atoms with van der Waals surface area (Å²) in [5.41, 5.74) is 0. The molecule has 0 unspecified atom stereocenters. The summed E-state index contributed by atoms with van der Waals surface area (Å²) in [6, 6.07) is 0. The fourth-order valence-electron chi connectivity index (χ4n) is 2.00. The van der Waals surface area contributed by atoms with Crippen LogP contribution < -0.4 is 0 Å². The normalized spacial score (nSPS) is 12.4. The Morgan fingerprint density at radius 1 is 0.870 bits per heavy atom. The Morgan fingerprint density at radius 2 is 1.39 bits per heavy atom. The number of nitrogens with zero attached hydrogens (tertiary/aromatic N) is 6. The Hall–Kier alpha value is -2.64. The molecule has 1 aliphatic rings. The van der Waals surface area contributed by atoms with E-state index in [1.807, 2.05) is 0 Å². The van der Waals surface area contributed by atoms with Crippen molar-refractivity contribution in [2.45, 2.75) is 45.4 Å². The minimum Gasteiger partial charge on any atom is -0.362 e. The van der Waals surface area contributed by atoms with Crippen LogP contribution in [0.25, 0.3) is 0 Å². The highest BCUT2D eigenvalue weighted by molar-refractivity contribution is 7.05. The van der Waals surface area contributed by atoms with Crippen molar-refractivity contribution in [1.29, 1.82) is 21.0 Å². The molecular weight excluding hydrogens is 287 g/mol. The highest BCUT2D eigenvalue weighted by Crippen LogP contribution is 2.08. The van der Waals surface area contributed by atoms with E-state index in [-0.39, 0.29) is 0 Å². The van der Waals surface area contributed by atoms with Crippen molar-refractivity contribution in [2.24, 2.45) is 0 Å². The molecule has 1 aliphatic heterocycles. The lowest BCUT2D eigenvalue weighted by atomic mass is 9.30. The Balaban J connectivity index is 0.000000468. The van der Waals surface area contributed by atoms with E-state index in [9.17, 15) is 0 Å². The topological polar surface area (TPSA) is 102 Å². The van der Waals surface area contributed by atoms with Crippen LogP contribution in [0, 0.1) is 44.9 Å². The fraction of sp³-hybridized carbons (Fsp3) is 0.625. The summed E-state index contributed by atoms with van der Waals surface area (Å²) in [6.07, 6.45) is 9.97. The van der Waals surface area contributed by atoms with Crippen LogP contribution in [0.2, 0.25) is 0 Å². The average molecular weight is 311 g/mol. The summed E-state index contributed by atoms with van der Waals surface area (Å²) < 4.78 is 0. The van der Waals surface area contributed by atoms with Gasteiger partial charge in [0.05, 0.1) is 6.67 Å². The van der Waals surface area contributed by atoms with Crippen LogP contribution in [0.3, 0.4) is 0 Å². The molecule has 0 bridgehead atoms. The Kier molecular flexibility index (Phi) is 10.6. The van der Waals surface area contributed by atoms with Crippen LogP contribution in [0.5, 0.6) is 0 Å². The zero-order valence-electron chi connectivity index (χ0n) is 14.1. The van der Waals surface area contributed by atoms with Crippen LogP contribution in [-0.2, 0) is 0 Å². The first-order valence-corrected chi connectivity index (χ1v) is 8.00. The van der Waals surface area contributed by atoms with Crippen LogP contribution in [0.1, 0.15) is 45.4 Å². The standard InChI is InChI=1S/C12H24N2.C4BN4/c1-3-4-5-6-7-8-9-14-11-10-13(2)12-14;6-1-5(2-7,3-8)4-9/h10-11H,3-9,12H2,1-2H3;/q;-1. The molecule has 0 aromatic carbocycles. The van der Waals surface area contributed by atoms with Crippen molar-refractivity contribution in [1.82, 2.24) is 9.80 Å². The predicted octanol–water partition coefficient (Wildman–Crippen LogP) is 2.71. The van der Waals surface area contributed by atoms with E-state index in [0.29, 0.717) is 0 Å². The van der Waals surface area contributed by atoms with E-state index in [4.69, 9.17) is 21.0 Å². The highest BCUT2D eigenvalue weighted by atomic mass is 15.3. The first-order chi connectivity index (χ1) is 11.1. The van der Waals surface area contributed by atoms with E-state index in [0.717, 1.165) is 6.67 Å². The second kappa shape index (κ2) is 12.0. The lowest BCUT2D eigenvalue weighted by molar-refractivity contribution is 0.290. The molecule has 6 nitrogen and oxygen atoms in total. The predicted molar refractivity (Wildman–Crippen MR) is 90.1 cm³/mol. The van der Waals surface area contributed by atoms with Crippen LogP contribution in [0.15, 0.2) is 12.4 Å². The van der Waals surface area contributed by atoms with Gasteiger partial charge in [0.25, 0.3) is 0 Å². The van der Waals surface area contributed by atoms with Crippen molar-refractivity contribution in [3.05, 3.63) is 12.4 Å². The third-order valence-corrected chi connectivity index (χ3v) is 3.51. The zero-order valence-corrected chi connectivity index (χ0v) is 14.1. The van der Waals surface area contributed by atoms with Gasteiger partial charge in [0.1, 0.15) is 0 Å². The quantitative estimate of drug-likeness (QED) is 0.529. The number of hydrogen-bond donors (Lipinski definition) is 0. The molecule has 0 amide bonds. The average Bonchev–Trinajstić information content (AvgIpc) is 2.99.